The number of ether oxygens (including phenoxy) is 1. The van der Waals surface area contributed by atoms with Gasteiger partial charge in [0.15, 0.2) is 0 Å². The summed E-state index contributed by atoms with van der Waals surface area (Å²) in [5.41, 5.74) is 6.89. The molecule has 3 heterocycles. The van der Waals surface area contributed by atoms with Crippen molar-refractivity contribution in [3.8, 4) is 0 Å². The van der Waals surface area contributed by atoms with Crippen LogP contribution in [0.3, 0.4) is 0 Å². The number of aryl methyl sites for hydroxylation is 3. The van der Waals surface area contributed by atoms with Crippen LogP contribution in [0.25, 0.3) is 16.7 Å². The van der Waals surface area contributed by atoms with Crippen LogP contribution in [0.5, 0.6) is 0 Å². The molecule has 1 fully saturated rings. The van der Waals surface area contributed by atoms with Crippen LogP contribution in [0.15, 0.2) is 35.4 Å². The van der Waals surface area contributed by atoms with Gasteiger partial charge < -0.3 is 14.3 Å². The average molecular weight is 445 g/mol. The van der Waals surface area contributed by atoms with Gasteiger partial charge in [0.1, 0.15) is 0 Å². The summed E-state index contributed by atoms with van der Waals surface area (Å²) in [5.74, 6) is 1.42. The molecular weight excluding hydrogens is 412 g/mol. The summed E-state index contributed by atoms with van der Waals surface area (Å²) in [6, 6.07) is 6.68. The first kappa shape index (κ1) is 20.7. The first-order chi connectivity index (χ1) is 16.2. The molecule has 0 unspecified atom stereocenters. The third-order valence-electron chi connectivity index (χ3n) is 7.60. The number of benzene rings is 1. The first-order valence-electron chi connectivity index (χ1n) is 12.4. The molecule has 6 rings (SSSR count). The lowest BCUT2D eigenvalue weighted by atomic mass is 9.89. The van der Waals surface area contributed by atoms with Gasteiger partial charge in [-0.15, -0.1) is 0 Å². The van der Waals surface area contributed by atoms with E-state index < -0.39 is 0 Å². The van der Waals surface area contributed by atoms with Gasteiger partial charge in [-0.1, -0.05) is 19.3 Å². The van der Waals surface area contributed by atoms with Gasteiger partial charge in [0.05, 0.1) is 30.6 Å². The first-order valence-corrected chi connectivity index (χ1v) is 12.4. The minimum atomic E-state index is 0.114. The minimum absolute atomic E-state index is 0.114. The van der Waals surface area contributed by atoms with Crippen LogP contribution in [-0.2, 0) is 37.3 Å². The van der Waals surface area contributed by atoms with Crippen LogP contribution in [0.2, 0.25) is 0 Å². The molecule has 6 nitrogen and oxygen atoms in total. The summed E-state index contributed by atoms with van der Waals surface area (Å²) in [4.78, 5) is 21.2. The molecule has 1 aromatic carbocycles. The molecule has 2 aliphatic carbocycles. The molecule has 3 aromatic heterocycles. The van der Waals surface area contributed by atoms with Crippen molar-refractivity contribution in [2.24, 2.45) is 5.92 Å². The third kappa shape index (κ3) is 3.90. The average Bonchev–Trinajstić information content (AvgIpc) is 3.53. The monoisotopic (exact) mass is 444 g/mol. The third-order valence-corrected chi connectivity index (χ3v) is 7.60. The van der Waals surface area contributed by atoms with Gasteiger partial charge in [-0.25, -0.2) is 4.98 Å². The summed E-state index contributed by atoms with van der Waals surface area (Å²) in [7, 11) is 0. The molecule has 33 heavy (non-hydrogen) atoms. The second kappa shape index (κ2) is 8.49. The molecular formula is C27H32N4O2. The van der Waals surface area contributed by atoms with E-state index in [1.807, 2.05) is 23.7 Å². The van der Waals surface area contributed by atoms with Gasteiger partial charge >= 0.3 is 0 Å². The van der Waals surface area contributed by atoms with E-state index in [4.69, 9.17) is 4.74 Å². The Morgan fingerprint density at radius 2 is 1.88 bits per heavy atom. The standard InChI is InChI=1S/C27H32N4O2/c1-18-13-28-27-29-24(15-30(18)27)17-33-16-23-11-22-10-20-8-5-9-21(20)12-25(22)31(26(23)32)14-19-6-3-2-4-7-19/h10-13,15,19H,2-9,14,16-17H2,1H3,(H,28,29). The van der Waals surface area contributed by atoms with Crippen molar-refractivity contribution in [2.75, 3.05) is 0 Å². The number of imidazole rings is 2. The van der Waals surface area contributed by atoms with Gasteiger partial charge in [0.25, 0.3) is 5.56 Å². The Kier molecular flexibility index (Phi) is 5.33. The topological polar surface area (TPSA) is 64.3 Å². The van der Waals surface area contributed by atoms with Crippen molar-refractivity contribution in [1.29, 1.82) is 0 Å². The van der Waals surface area contributed by atoms with E-state index in [-0.39, 0.29) is 5.56 Å². The lowest BCUT2D eigenvalue weighted by Gasteiger charge is -2.24. The molecule has 6 heteroatoms. The second-order valence-electron chi connectivity index (χ2n) is 9.99. The Labute approximate surface area is 193 Å². The van der Waals surface area contributed by atoms with E-state index in [1.165, 1.54) is 55.0 Å². The summed E-state index contributed by atoms with van der Waals surface area (Å²) < 4.78 is 10.1. The molecule has 1 saturated carbocycles. The number of nitrogens with one attached hydrogen (secondary N) is 1. The Morgan fingerprint density at radius 3 is 2.70 bits per heavy atom. The molecule has 0 saturated heterocycles. The smallest absolute Gasteiger partial charge is 0.256 e. The van der Waals surface area contributed by atoms with E-state index >= 15 is 0 Å². The van der Waals surface area contributed by atoms with Gasteiger partial charge in [0, 0.05) is 24.0 Å². The highest BCUT2D eigenvalue weighted by Crippen LogP contribution is 2.30. The normalized spacial score (nSPS) is 16.8. The van der Waals surface area contributed by atoms with Crippen LogP contribution in [-0.4, -0.2) is 18.9 Å². The fourth-order valence-electron chi connectivity index (χ4n) is 5.80. The van der Waals surface area contributed by atoms with Crippen molar-refractivity contribution >= 4 is 16.7 Å². The summed E-state index contributed by atoms with van der Waals surface area (Å²) in [6.07, 6.45) is 13.7. The maximum atomic E-state index is 13.6. The van der Waals surface area contributed by atoms with Crippen LogP contribution in [0, 0.1) is 12.8 Å². The van der Waals surface area contributed by atoms with Crippen LogP contribution in [0.4, 0.5) is 0 Å². The number of nitrogens with zero attached hydrogens (tertiary/aromatic N) is 3. The number of H-pyrrole nitrogens is 1. The molecule has 0 spiro atoms. The highest BCUT2D eigenvalue weighted by Gasteiger charge is 2.20. The SMILES string of the molecule is Cc1cnc2[nH]c(COCc3cc4cc5c(cc4n(CC4CCCCC4)c3=O)CCC5)cn12. The largest absolute Gasteiger partial charge is 0.370 e. The number of pyridine rings is 1. The number of aromatic amines is 1. The predicted molar refractivity (Wildman–Crippen MR) is 130 cm³/mol. The van der Waals surface area contributed by atoms with Crippen LogP contribution >= 0.6 is 0 Å². The number of aromatic nitrogens is 4. The number of hydrogen-bond donors (Lipinski definition) is 1. The number of fused-ring (bicyclic) bond motifs is 3. The quantitative estimate of drug-likeness (QED) is 0.451. The predicted octanol–water partition coefficient (Wildman–Crippen LogP) is 5.07. The summed E-state index contributed by atoms with van der Waals surface area (Å²) in [6.45, 7) is 3.60. The zero-order chi connectivity index (χ0) is 22.4. The van der Waals surface area contributed by atoms with Crippen LogP contribution < -0.4 is 5.56 Å². The summed E-state index contributed by atoms with van der Waals surface area (Å²) >= 11 is 0. The fraction of sp³-hybridized carbons (Fsp3) is 0.481. The molecule has 0 amide bonds. The zero-order valence-corrected chi connectivity index (χ0v) is 19.4. The van der Waals surface area contributed by atoms with Crippen molar-refractivity contribution in [3.63, 3.8) is 0 Å². The highest BCUT2D eigenvalue weighted by atomic mass is 16.5. The molecule has 0 aliphatic heterocycles. The van der Waals surface area contributed by atoms with E-state index in [0.717, 1.165) is 47.6 Å². The molecule has 0 radical (unpaired) electrons. The molecule has 2 aliphatic rings. The number of rotatable bonds is 6. The maximum absolute atomic E-state index is 13.6. The molecule has 0 bridgehead atoms. The van der Waals surface area contributed by atoms with E-state index in [1.54, 1.807) is 0 Å². The molecule has 172 valence electrons. The van der Waals surface area contributed by atoms with Crippen molar-refractivity contribution in [2.45, 2.75) is 78.0 Å². The Balaban J connectivity index is 1.30. The van der Waals surface area contributed by atoms with Gasteiger partial charge in [-0.05, 0) is 79.7 Å². The number of hydrogen-bond acceptors (Lipinski definition) is 3. The van der Waals surface area contributed by atoms with E-state index in [2.05, 4.69) is 32.7 Å². The molecule has 4 aromatic rings. The lowest BCUT2D eigenvalue weighted by molar-refractivity contribution is 0.104. The van der Waals surface area contributed by atoms with Gasteiger partial charge in [-0.2, -0.15) is 0 Å². The van der Waals surface area contributed by atoms with Crippen molar-refractivity contribution in [3.05, 3.63) is 69.0 Å². The minimum Gasteiger partial charge on any atom is -0.370 e. The van der Waals surface area contributed by atoms with Gasteiger partial charge in [0.2, 0.25) is 5.78 Å². The highest BCUT2D eigenvalue weighted by molar-refractivity contribution is 5.82. The lowest BCUT2D eigenvalue weighted by Crippen LogP contribution is -2.28. The van der Waals surface area contributed by atoms with Gasteiger partial charge in [-0.3, -0.25) is 9.20 Å². The zero-order valence-electron chi connectivity index (χ0n) is 19.4. The molecule has 1 N–H and O–H groups in total. The molecule has 0 atom stereocenters. The van der Waals surface area contributed by atoms with E-state index in [0.29, 0.717) is 19.1 Å². The van der Waals surface area contributed by atoms with E-state index in [9.17, 15) is 4.79 Å². The Morgan fingerprint density at radius 1 is 1.06 bits per heavy atom. The second-order valence-corrected chi connectivity index (χ2v) is 9.99. The fourth-order valence-corrected chi connectivity index (χ4v) is 5.80. The Bertz CT molecular complexity index is 1370. The van der Waals surface area contributed by atoms with Crippen LogP contribution in [0.1, 0.15) is 66.6 Å². The van der Waals surface area contributed by atoms with Crippen molar-refractivity contribution < 1.29 is 4.74 Å². The maximum Gasteiger partial charge on any atom is 0.256 e. The summed E-state index contributed by atoms with van der Waals surface area (Å²) in [5, 5.41) is 1.18. The Hall–Kier alpha value is -2.86. The van der Waals surface area contributed by atoms with Crippen molar-refractivity contribution in [1.82, 2.24) is 18.9 Å².